The first-order chi connectivity index (χ1) is 32.5. The lowest BCUT2D eigenvalue weighted by atomic mass is 10.1. The van der Waals surface area contributed by atoms with Gasteiger partial charge in [0.1, 0.15) is 13.2 Å². The number of unbranched alkanes of at least 4 members (excludes halogenated alkanes) is 13. The van der Waals surface area contributed by atoms with Crippen molar-refractivity contribution >= 4 is 17.9 Å². The van der Waals surface area contributed by atoms with Gasteiger partial charge in [0.05, 0.1) is 0 Å². The molecule has 0 aliphatic carbocycles. The van der Waals surface area contributed by atoms with E-state index in [9.17, 15) is 14.4 Å². The molecule has 0 bridgehead atoms. The maximum absolute atomic E-state index is 12.8. The van der Waals surface area contributed by atoms with E-state index < -0.39 is 6.10 Å². The van der Waals surface area contributed by atoms with Gasteiger partial charge in [0, 0.05) is 19.3 Å². The zero-order valence-corrected chi connectivity index (χ0v) is 41.9. The summed E-state index contributed by atoms with van der Waals surface area (Å²) < 4.78 is 16.7. The highest BCUT2D eigenvalue weighted by molar-refractivity contribution is 5.71. The molecule has 0 amide bonds. The van der Waals surface area contributed by atoms with Crippen LogP contribution in [0.15, 0.2) is 146 Å². The summed E-state index contributed by atoms with van der Waals surface area (Å²) in [5.41, 5.74) is 0. The van der Waals surface area contributed by atoms with Gasteiger partial charge in [-0.2, -0.15) is 0 Å². The van der Waals surface area contributed by atoms with Gasteiger partial charge in [0.15, 0.2) is 6.10 Å². The van der Waals surface area contributed by atoms with Crippen molar-refractivity contribution in [3.05, 3.63) is 146 Å². The molecule has 0 aromatic rings. The third kappa shape index (κ3) is 50.3. The van der Waals surface area contributed by atoms with Crippen LogP contribution in [0.3, 0.4) is 0 Å². The van der Waals surface area contributed by atoms with Gasteiger partial charge in [-0.25, -0.2) is 0 Å². The van der Waals surface area contributed by atoms with E-state index in [2.05, 4.69) is 112 Å². The Morgan fingerprint density at radius 3 is 1.09 bits per heavy atom. The van der Waals surface area contributed by atoms with Gasteiger partial charge in [0.2, 0.25) is 0 Å². The van der Waals surface area contributed by atoms with Gasteiger partial charge < -0.3 is 14.2 Å². The lowest BCUT2D eigenvalue weighted by molar-refractivity contribution is -0.167. The third-order valence-electron chi connectivity index (χ3n) is 10.2. The fraction of sp³-hybridized carbons (Fsp3) is 0.550. The molecule has 0 aliphatic heterocycles. The minimum absolute atomic E-state index is 0.123. The summed E-state index contributed by atoms with van der Waals surface area (Å²) in [5, 5.41) is 0. The van der Waals surface area contributed by atoms with Gasteiger partial charge in [-0.3, -0.25) is 14.4 Å². The van der Waals surface area contributed by atoms with E-state index in [4.69, 9.17) is 14.2 Å². The first-order valence-corrected chi connectivity index (χ1v) is 25.9. The lowest BCUT2D eigenvalue weighted by Crippen LogP contribution is -2.30. The number of hydrogen-bond acceptors (Lipinski definition) is 6. The SMILES string of the molecule is CC/C=C/C=C/C=C/C=C/C=C/CCCC(=O)OCC(COC(=O)CCCCCCCCCCC/C=C/C/C=C/C/C=C/CC)OC(=O)CCCCC/C=C/C/C=C/C/C=C/C/C=C/CC. The molecule has 0 spiro atoms. The Balaban J connectivity index is 4.54. The topological polar surface area (TPSA) is 78.9 Å². The summed E-state index contributed by atoms with van der Waals surface area (Å²) in [6.07, 6.45) is 75.5. The molecule has 368 valence electrons. The van der Waals surface area contributed by atoms with Crippen LogP contribution in [0.25, 0.3) is 0 Å². The highest BCUT2D eigenvalue weighted by atomic mass is 16.6. The number of allylic oxidation sites excluding steroid dienone is 24. The molecular weight excluding hydrogens is 817 g/mol. The van der Waals surface area contributed by atoms with Crippen LogP contribution in [0.4, 0.5) is 0 Å². The molecule has 0 saturated carbocycles. The van der Waals surface area contributed by atoms with Crippen molar-refractivity contribution < 1.29 is 28.6 Å². The minimum Gasteiger partial charge on any atom is -0.462 e. The van der Waals surface area contributed by atoms with Crippen LogP contribution in [-0.2, 0) is 28.6 Å². The first kappa shape index (κ1) is 61.3. The monoisotopic (exact) mass is 909 g/mol. The normalized spacial score (nSPS) is 13.3. The summed E-state index contributed by atoms with van der Waals surface area (Å²) in [4.78, 5) is 38.0. The van der Waals surface area contributed by atoms with Crippen LogP contribution in [0.1, 0.15) is 194 Å². The summed E-state index contributed by atoms with van der Waals surface area (Å²) in [5.74, 6) is -1.05. The Labute approximate surface area is 404 Å². The molecule has 0 aromatic heterocycles. The molecule has 6 nitrogen and oxygen atoms in total. The Morgan fingerprint density at radius 2 is 0.636 bits per heavy atom. The van der Waals surface area contributed by atoms with Crippen LogP contribution in [0.2, 0.25) is 0 Å². The molecule has 0 saturated heterocycles. The molecule has 0 aliphatic rings. The number of carbonyl (C=O) groups is 3. The number of esters is 3. The van der Waals surface area contributed by atoms with Crippen LogP contribution < -0.4 is 0 Å². The van der Waals surface area contributed by atoms with E-state index in [1.807, 2.05) is 54.7 Å². The molecule has 0 radical (unpaired) electrons. The fourth-order valence-corrected chi connectivity index (χ4v) is 6.42. The Bertz CT molecular complexity index is 1510. The zero-order chi connectivity index (χ0) is 47.9. The van der Waals surface area contributed by atoms with Crippen molar-refractivity contribution in [2.75, 3.05) is 13.2 Å². The Morgan fingerprint density at radius 1 is 0.318 bits per heavy atom. The van der Waals surface area contributed by atoms with Crippen molar-refractivity contribution in [3.8, 4) is 0 Å². The predicted octanol–water partition coefficient (Wildman–Crippen LogP) is 17.3. The maximum atomic E-state index is 12.8. The van der Waals surface area contributed by atoms with Crippen LogP contribution >= 0.6 is 0 Å². The van der Waals surface area contributed by atoms with Crippen LogP contribution in [0.5, 0.6) is 0 Å². The second-order valence-corrected chi connectivity index (χ2v) is 16.4. The van der Waals surface area contributed by atoms with Crippen LogP contribution in [0, 0.1) is 0 Å². The van der Waals surface area contributed by atoms with Gasteiger partial charge in [-0.15, -0.1) is 0 Å². The number of ether oxygens (including phenoxy) is 3. The predicted molar refractivity (Wildman–Crippen MR) is 283 cm³/mol. The molecule has 66 heavy (non-hydrogen) atoms. The van der Waals surface area contributed by atoms with Gasteiger partial charge in [-0.05, 0) is 103 Å². The molecule has 6 heteroatoms. The lowest BCUT2D eigenvalue weighted by Gasteiger charge is -2.18. The van der Waals surface area contributed by atoms with Crippen molar-refractivity contribution in [1.82, 2.24) is 0 Å². The number of hydrogen-bond donors (Lipinski definition) is 0. The van der Waals surface area contributed by atoms with E-state index in [0.717, 1.165) is 103 Å². The van der Waals surface area contributed by atoms with Crippen molar-refractivity contribution in [3.63, 3.8) is 0 Å². The van der Waals surface area contributed by atoms with E-state index >= 15 is 0 Å². The van der Waals surface area contributed by atoms with E-state index in [-0.39, 0.29) is 44.0 Å². The Hall–Kier alpha value is -4.71. The second kappa shape index (κ2) is 52.9. The number of carbonyl (C=O) groups excluding carboxylic acids is 3. The van der Waals surface area contributed by atoms with E-state index in [1.54, 1.807) is 0 Å². The van der Waals surface area contributed by atoms with Gasteiger partial charge >= 0.3 is 17.9 Å². The molecular formula is C60H92O6. The number of rotatable bonds is 44. The average molecular weight is 909 g/mol. The minimum atomic E-state index is -0.832. The molecule has 0 heterocycles. The van der Waals surface area contributed by atoms with Gasteiger partial charge in [-0.1, -0.05) is 218 Å². The molecule has 0 rings (SSSR count). The van der Waals surface area contributed by atoms with Gasteiger partial charge in [0.25, 0.3) is 0 Å². The molecule has 0 aromatic carbocycles. The highest BCUT2D eigenvalue weighted by Gasteiger charge is 2.19. The molecule has 0 fully saturated rings. The van der Waals surface area contributed by atoms with E-state index in [0.29, 0.717) is 19.3 Å². The summed E-state index contributed by atoms with van der Waals surface area (Å²) in [6, 6.07) is 0. The third-order valence-corrected chi connectivity index (χ3v) is 10.2. The summed E-state index contributed by atoms with van der Waals surface area (Å²) >= 11 is 0. The van der Waals surface area contributed by atoms with Crippen molar-refractivity contribution in [2.45, 2.75) is 200 Å². The standard InChI is InChI=1S/C60H92O6/c1-4-7-10-13-16-19-22-25-27-29-30-31-33-35-38-41-44-47-50-53-59(62)65-56-57(55-64-58(61)52-49-46-43-40-37-34-24-21-18-15-12-9-6-3)66-60(63)54-51-48-45-42-39-36-32-28-26-23-20-17-14-11-8-5-2/h7-12,15-21,24-28,34,36-37,39-40,43,57H,4-6,13-14,22-23,29-33,35,38,41-42,44-56H2,1-3H3/b10-7+,11-8+,12-9+,18-15+,19-16+,20-17+,24-21+,27-25+,28-26+,37-34+,39-36+,43-40+. The largest absolute Gasteiger partial charge is 0.462 e. The fourth-order valence-electron chi connectivity index (χ4n) is 6.42. The van der Waals surface area contributed by atoms with Crippen molar-refractivity contribution in [2.24, 2.45) is 0 Å². The molecule has 1 unspecified atom stereocenters. The smallest absolute Gasteiger partial charge is 0.306 e. The molecule has 1 atom stereocenters. The summed E-state index contributed by atoms with van der Waals surface area (Å²) in [7, 11) is 0. The Kier molecular flexibility index (Phi) is 49.1. The maximum Gasteiger partial charge on any atom is 0.306 e. The van der Waals surface area contributed by atoms with E-state index in [1.165, 1.54) is 38.5 Å². The average Bonchev–Trinajstić information content (AvgIpc) is 3.31. The van der Waals surface area contributed by atoms with Crippen LogP contribution in [-0.4, -0.2) is 37.2 Å². The summed E-state index contributed by atoms with van der Waals surface area (Å²) in [6.45, 7) is 6.15. The quantitative estimate of drug-likeness (QED) is 0.0199. The molecule has 0 N–H and O–H groups in total. The highest BCUT2D eigenvalue weighted by Crippen LogP contribution is 2.13. The first-order valence-electron chi connectivity index (χ1n) is 25.9. The second-order valence-electron chi connectivity index (χ2n) is 16.4. The van der Waals surface area contributed by atoms with Crippen molar-refractivity contribution in [1.29, 1.82) is 0 Å². The zero-order valence-electron chi connectivity index (χ0n) is 41.9.